The standard InChI is InChI=1S/C14H18N2S.ClH/c1-17-13-8-5-9-16-10-12(15-14(13)16)11-6-3-2-4-7-11;/h2-4,6-7,12-13H,5,8-10H2,1H3;1H. The molecular formula is C14H19ClN2S. The first kappa shape index (κ1) is 13.8. The molecule has 0 aliphatic carbocycles. The first-order chi connectivity index (χ1) is 8.38. The molecule has 2 aliphatic heterocycles. The number of rotatable bonds is 2. The average molecular weight is 283 g/mol. The van der Waals surface area contributed by atoms with Crippen LogP contribution in [0.25, 0.3) is 0 Å². The van der Waals surface area contributed by atoms with E-state index < -0.39 is 0 Å². The maximum Gasteiger partial charge on any atom is 0.113 e. The predicted octanol–water partition coefficient (Wildman–Crippen LogP) is 3.39. The molecule has 2 nitrogen and oxygen atoms in total. The van der Waals surface area contributed by atoms with Crippen LogP contribution in [0.4, 0.5) is 0 Å². The average Bonchev–Trinajstić information content (AvgIpc) is 2.83. The van der Waals surface area contributed by atoms with Gasteiger partial charge in [-0.2, -0.15) is 11.8 Å². The summed E-state index contributed by atoms with van der Waals surface area (Å²) in [7, 11) is 0. The zero-order valence-corrected chi connectivity index (χ0v) is 12.2. The third-order valence-corrected chi connectivity index (χ3v) is 4.67. The Labute approximate surface area is 119 Å². The van der Waals surface area contributed by atoms with E-state index in [2.05, 4.69) is 41.5 Å². The quantitative estimate of drug-likeness (QED) is 0.826. The van der Waals surface area contributed by atoms with Crippen molar-refractivity contribution < 1.29 is 0 Å². The Morgan fingerprint density at radius 1 is 1.28 bits per heavy atom. The van der Waals surface area contributed by atoms with E-state index in [9.17, 15) is 0 Å². The largest absolute Gasteiger partial charge is 0.357 e. The molecule has 2 aliphatic rings. The summed E-state index contributed by atoms with van der Waals surface area (Å²) in [5.74, 6) is 1.35. The Morgan fingerprint density at radius 2 is 2.06 bits per heavy atom. The molecule has 0 aromatic heterocycles. The lowest BCUT2D eigenvalue weighted by molar-refractivity contribution is 0.387. The summed E-state index contributed by atoms with van der Waals surface area (Å²) < 4.78 is 0. The van der Waals surface area contributed by atoms with Gasteiger partial charge in [-0.15, -0.1) is 12.4 Å². The third-order valence-electron chi connectivity index (χ3n) is 3.66. The van der Waals surface area contributed by atoms with Crippen molar-refractivity contribution in [2.75, 3.05) is 19.3 Å². The Bertz CT molecular complexity index is 421. The highest BCUT2D eigenvalue weighted by atomic mass is 35.5. The molecule has 3 rings (SSSR count). The van der Waals surface area contributed by atoms with E-state index in [0.717, 1.165) is 6.54 Å². The molecule has 2 heterocycles. The molecular weight excluding hydrogens is 264 g/mol. The van der Waals surface area contributed by atoms with Crippen molar-refractivity contribution in [2.24, 2.45) is 4.99 Å². The van der Waals surface area contributed by atoms with Gasteiger partial charge in [0.2, 0.25) is 0 Å². The minimum absolute atomic E-state index is 0. The van der Waals surface area contributed by atoms with Crippen molar-refractivity contribution in [2.45, 2.75) is 24.1 Å². The second-order valence-corrected chi connectivity index (χ2v) is 5.77. The van der Waals surface area contributed by atoms with Crippen LogP contribution >= 0.6 is 24.2 Å². The van der Waals surface area contributed by atoms with E-state index in [1.165, 1.54) is 30.8 Å². The normalized spacial score (nSPS) is 26.3. The number of benzene rings is 1. The van der Waals surface area contributed by atoms with Crippen LogP contribution in [-0.4, -0.2) is 35.3 Å². The van der Waals surface area contributed by atoms with E-state index in [1.54, 1.807) is 0 Å². The molecule has 2 atom stereocenters. The fourth-order valence-corrected chi connectivity index (χ4v) is 3.58. The van der Waals surface area contributed by atoms with Crippen LogP contribution < -0.4 is 0 Å². The molecule has 1 saturated heterocycles. The van der Waals surface area contributed by atoms with Gasteiger partial charge in [0.25, 0.3) is 0 Å². The van der Waals surface area contributed by atoms with Crippen LogP contribution in [0.3, 0.4) is 0 Å². The maximum absolute atomic E-state index is 4.95. The number of hydrogen-bond donors (Lipinski definition) is 0. The topological polar surface area (TPSA) is 15.6 Å². The zero-order valence-electron chi connectivity index (χ0n) is 10.6. The van der Waals surface area contributed by atoms with E-state index in [1.807, 2.05) is 11.8 Å². The fraction of sp³-hybridized carbons (Fsp3) is 0.500. The van der Waals surface area contributed by atoms with Gasteiger partial charge in [-0.1, -0.05) is 30.3 Å². The van der Waals surface area contributed by atoms with E-state index >= 15 is 0 Å². The first-order valence-electron chi connectivity index (χ1n) is 6.29. The van der Waals surface area contributed by atoms with Crippen molar-refractivity contribution in [3.8, 4) is 0 Å². The third kappa shape index (κ3) is 2.52. The fourth-order valence-electron chi connectivity index (χ4n) is 2.75. The summed E-state index contributed by atoms with van der Waals surface area (Å²) in [5, 5.41) is 0.623. The predicted molar refractivity (Wildman–Crippen MR) is 82.0 cm³/mol. The van der Waals surface area contributed by atoms with E-state index in [0.29, 0.717) is 11.3 Å². The van der Waals surface area contributed by atoms with Gasteiger partial charge in [-0.25, -0.2) is 0 Å². The summed E-state index contributed by atoms with van der Waals surface area (Å²) in [4.78, 5) is 7.44. The summed E-state index contributed by atoms with van der Waals surface area (Å²) in [6.07, 6.45) is 4.80. The van der Waals surface area contributed by atoms with Crippen LogP contribution in [0, 0.1) is 0 Å². The molecule has 2 unspecified atom stereocenters. The summed E-state index contributed by atoms with van der Waals surface area (Å²) in [6.45, 7) is 2.27. The smallest absolute Gasteiger partial charge is 0.113 e. The Kier molecular flexibility index (Phi) is 4.57. The van der Waals surface area contributed by atoms with Crippen molar-refractivity contribution in [1.82, 2.24) is 4.90 Å². The lowest BCUT2D eigenvalue weighted by Crippen LogP contribution is -2.40. The number of halogens is 1. The van der Waals surface area contributed by atoms with Crippen molar-refractivity contribution in [1.29, 1.82) is 0 Å². The molecule has 1 fully saturated rings. The molecule has 0 bridgehead atoms. The first-order valence-corrected chi connectivity index (χ1v) is 7.57. The number of aliphatic imine (C=N–C) groups is 1. The molecule has 98 valence electrons. The SMILES string of the molecule is CSC1CCCN2CC(c3ccccc3)N=C12.Cl. The minimum atomic E-state index is 0. The Morgan fingerprint density at radius 3 is 2.78 bits per heavy atom. The molecule has 0 radical (unpaired) electrons. The number of thioether (sulfide) groups is 1. The number of fused-ring (bicyclic) bond motifs is 1. The second kappa shape index (κ2) is 5.98. The zero-order chi connectivity index (χ0) is 11.7. The Balaban J connectivity index is 0.00000120. The van der Waals surface area contributed by atoms with Crippen molar-refractivity contribution >= 4 is 30.0 Å². The van der Waals surface area contributed by atoms with Crippen LogP contribution in [0.5, 0.6) is 0 Å². The summed E-state index contributed by atoms with van der Waals surface area (Å²) >= 11 is 1.95. The molecule has 0 N–H and O–H groups in total. The van der Waals surface area contributed by atoms with Gasteiger partial charge < -0.3 is 4.90 Å². The molecule has 1 aromatic carbocycles. The van der Waals surface area contributed by atoms with Crippen LogP contribution in [-0.2, 0) is 0 Å². The van der Waals surface area contributed by atoms with Gasteiger partial charge in [-0.05, 0) is 24.7 Å². The number of nitrogens with zero attached hydrogens (tertiary/aromatic N) is 2. The van der Waals surface area contributed by atoms with Crippen molar-refractivity contribution in [3.63, 3.8) is 0 Å². The molecule has 0 amide bonds. The lowest BCUT2D eigenvalue weighted by atomic mass is 10.1. The maximum atomic E-state index is 4.95. The molecule has 18 heavy (non-hydrogen) atoms. The highest BCUT2D eigenvalue weighted by Crippen LogP contribution is 2.32. The molecule has 4 heteroatoms. The van der Waals surface area contributed by atoms with Crippen LogP contribution in [0.2, 0.25) is 0 Å². The summed E-state index contributed by atoms with van der Waals surface area (Å²) in [6, 6.07) is 11.0. The van der Waals surface area contributed by atoms with Gasteiger partial charge >= 0.3 is 0 Å². The van der Waals surface area contributed by atoms with Gasteiger partial charge in [0.05, 0.1) is 11.3 Å². The van der Waals surface area contributed by atoms with Gasteiger partial charge in [0, 0.05) is 13.1 Å². The van der Waals surface area contributed by atoms with Crippen LogP contribution in [0.15, 0.2) is 35.3 Å². The van der Waals surface area contributed by atoms with Crippen LogP contribution in [0.1, 0.15) is 24.4 Å². The molecule has 1 aromatic rings. The Hall–Kier alpha value is -0.670. The number of piperidine rings is 1. The van der Waals surface area contributed by atoms with E-state index in [-0.39, 0.29) is 12.4 Å². The number of hydrogen-bond acceptors (Lipinski definition) is 3. The monoisotopic (exact) mass is 282 g/mol. The van der Waals surface area contributed by atoms with Gasteiger partial charge in [0.1, 0.15) is 5.84 Å². The van der Waals surface area contributed by atoms with Gasteiger partial charge in [-0.3, -0.25) is 4.99 Å². The second-order valence-electron chi connectivity index (χ2n) is 4.73. The van der Waals surface area contributed by atoms with E-state index in [4.69, 9.17) is 4.99 Å². The lowest BCUT2D eigenvalue weighted by Gasteiger charge is -2.30. The molecule has 0 saturated carbocycles. The summed E-state index contributed by atoms with van der Waals surface area (Å²) in [5.41, 5.74) is 1.36. The highest BCUT2D eigenvalue weighted by Gasteiger charge is 2.33. The van der Waals surface area contributed by atoms with Crippen molar-refractivity contribution in [3.05, 3.63) is 35.9 Å². The van der Waals surface area contributed by atoms with Gasteiger partial charge in [0.15, 0.2) is 0 Å². The minimum Gasteiger partial charge on any atom is -0.357 e. The highest BCUT2D eigenvalue weighted by molar-refractivity contribution is 7.99. The number of amidine groups is 1. The molecule has 0 spiro atoms.